The molecule has 4 nitrogen and oxygen atoms in total. The van der Waals surface area contributed by atoms with Crippen LogP contribution in [0.2, 0.25) is 0 Å². The zero-order valence-electron chi connectivity index (χ0n) is 10.4. The van der Waals surface area contributed by atoms with Gasteiger partial charge in [0.15, 0.2) is 11.5 Å². The van der Waals surface area contributed by atoms with Crippen molar-refractivity contribution < 1.29 is 19.4 Å². The molecule has 0 aliphatic heterocycles. The highest BCUT2D eigenvalue weighted by molar-refractivity contribution is 5.69. The van der Waals surface area contributed by atoms with Crippen LogP contribution in [0.25, 0.3) is 0 Å². The highest BCUT2D eigenvalue weighted by Gasteiger charge is 2.11. The predicted molar refractivity (Wildman–Crippen MR) is 64.7 cm³/mol. The van der Waals surface area contributed by atoms with E-state index < -0.39 is 5.97 Å². The number of ether oxygens (including phenoxy) is 2. The lowest BCUT2D eigenvalue weighted by atomic mass is 10.0. The van der Waals surface area contributed by atoms with Crippen LogP contribution in [0, 0.1) is 5.92 Å². The molecule has 1 unspecified atom stereocenters. The zero-order valence-corrected chi connectivity index (χ0v) is 10.4. The molecule has 1 aromatic carbocycles. The molecule has 1 rings (SSSR count). The van der Waals surface area contributed by atoms with Gasteiger partial charge >= 0.3 is 5.97 Å². The molecule has 1 aromatic rings. The number of aryl methyl sites for hydroxylation is 1. The first-order valence-corrected chi connectivity index (χ1v) is 5.52. The SMILES string of the molecule is COc1ccc(CCC(C)C(=O)O)cc1OC. The number of carbonyl (C=O) groups is 1. The van der Waals surface area contributed by atoms with Crippen molar-refractivity contribution in [2.24, 2.45) is 5.92 Å². The quantitative estimate of drug-likeness (QED) is 0.826. The Labute approximate surface area is 101 Å². The van der Waals surface area contributed by atoms with Crippen LogP contribution in [0.3, 0.4) is 0 Å². The summed E-state index contributed by atoms with van der Waals surface area (Å²) in [5, 5.41) is 8.80. The molecule has 0 heterocycles. The van der Waals surface area contributed by atoms with E-state index in [9.17, 15) is 4.79 Å². The Morgan fingerprint density at radius 3 is 2.47 bits per heavy atom. The smallest absolute Gasteiger partial charge is 0.306 e. The lowest BCUT2D eigenvalue weighted by Gasteiger charge is -2.10. The Hall–Kier alpha value is -1.71. The lowest BCUT2D eigenvalue weighted by molar-refractivity contribution is -0.141. The number of aliphatic carboxylic acids is 1. The second kappa shape index (κ2) is 6.13. The van der Waals surface area contributed by atoms with Gasteiger partial charge < -0.3 is 14.6 Å². The third-order valence-electron chi connectivity index (χ3n) is 2.74. The number of hydrogen-bond acceptors (Lipinski definition) is 3. The van der Waals surface area contributed by atoms with Gasteiger partial charge in [-0.05, 0) is 30.5 Å². The number of methoxy groups -OCH3 is 2. The topological polar surface area (TPSA) is 55.8 Å². The fraction of sp³-hybridized carbons (Fsp3) is 0.462. The van der Waals surface area contributed by atoms with E-state index in [0.717, 1.165) is 5.56 Å². The van der Waals surface area contributed by atoms with Gasteiger partial charge in [-0.15, -0.1) is 0 Å². The van der Waals surface area contributed by atoms with Crippen LogP contribution in [0.4, 0.5) is 0 Å². The van der Waals surface area contributed by atoms with Crippen LogP contribution in [-0.4, -0.2) is 25.3 Å². The zero-order chi connectivity index (χ0) is 12.8. The van der Waals surface area contributed by atoms with Gasteiger partial charge in [0.05, 0.1) is 20.1 Å². The minimum Gasteiger partial charge on any atom is -0.493 e. The molecule has 4 heteroatoms. The van der Waals surface area contributed by atoms with Gasteiger partial charge in [-0.2, -0.15) is 0 Å². The first kappa shape index (κ1) is 13.4. The van der Waals surface area contributed by atoms with Crippen molar-refractivity contribution in [1.29, 1.82) is 0 Å². The monoisotopic (exact) mass is 238 g/mol. The molecule has 1 atom stereocenters. The third-order valence-corrected chi connectivity index (χ3v) is 2.74. The fourth-order valence-corrected chi connectivity index (χ4v) is 1.54. The highest BCUT2D eigenvalue weighted by Crippen LogP contribution is 2.28. The van der Waals surface area contributed by atoms with E-state index in [2.05, 4.69) is 0 Å². The fourth-order valence-electron chi connectivity index (χ4n) is 1.54. The van der Waals surface area contributed by atoms with Gasteiger partial charge in [-0.3, -0.25) is 4.79 Å². The average molecular weight is 238 g/mol. The summed E-state index contributed by atoms with van der Waals surface area (Å²) in [6, 6.07) is 5.64. The Balaban J connectivity index is 2.69. The molecular formula is C13H18O4. The molecule has 0 aliphatic rings. The van der Waals surface area contributed by atoms with E-state index in [-0.39, 0.29) is 5.92 Å². The Kier molecular flexibility index (Phi) is 4.82. The minimum absolute atomic E-state index is 0.330. The largest absolute Gasteiger partial charge is 0.493 e. The van der Waals surface area contributed by atoms with Crippen molar-refractivity contribution in [2.45, 2.75) is 19.8 Å². The summed E-state index contributed by atoms with van der Waals surface area (Å²) in [7, 11) is 3.17. The summed E-state index contributed by atoms with van der Waals surface area (Å²) in [4.78, 5) is 10.7. The number of hydrogen-bond donors (Lipinski definition) is 1. The van der Waals surface area contributed by atoms with Crippen LogP contribution in [0.15, 0.2) is 18.2 Å². The van der Waals surface area contributed by atoms with Gasteiger partial charge in [0, 0.05) is 0 Å². The van der Waals surface area contributed by atoms with Crippen molar-refractivity contribution >= 4 is 5.97 Å². The summed E-state index contributed by atoms with van der Waals surface area (Å²) < 4.78 is 10.3. The highest BCUT2D eigenvalue weighted by atomic mass is 16.5. The third kappa shape index (κ3) is 3.66. The van der Waals surface area contributed by atoms with Crippen molar-refractivity contribution in [3.63, 3.8) is 0 Å². The van der Waals surface area contributed by atoms with Gasteiger partial charge in [0.2, 0.25) is 0 Å². The van der Waals surface area contributed by atoms with Crippen molar-refractivity contribution in [2.75, 3.05) is 14.2 Å². The predicted octanol–water partition coefficient (Wildman–Crippen LogP) is 2.36. The van der Waals surface area contributed by atoms with Gasteiger partial charge in [-0.25, -0.2) is 0 Å². The standard InChI is InChI=1S/C13H18O4/c1-9(13(14)15)4-5-10-6-7-11(16-2)12(8-10)17-3/h6-9H,4-5H2,1-3H3,(H,14,15). The maximum absolute atomic E-state index is 10.7. The second-order valence-corrected chi connectivity index (χ2v) is 3.97. The van der Waals surface area contributed by atoms with Crippen LogP contribution < -0.4 is 9.47 Å². The van der Waals surface area contributed by atoms with E-state index in [4.69, 9.17) is 14.6 Å². The van der Waals surface area contributed by atoms with Gasteiger partial charge in [0.25, 0.3) is 0 Å². The summed E-state index contributed by atoms with van der Waals surface area (Å²) in [6.07, 6.45) is 1.33. The normalized spacial score (nSPS) is 11.9. The molecular weight excluding hydrogens is 220 g/mol. The Morgan fingerprint density at radius 2 is 1.94 bits per heavy atom. The molecule has 17 heavy (non-hydrogen) atoms. The summed E-state index contributed by atoms with van der Waals surface area (Å²) in [6.45, 7) is 1.71. The molecule has 1 N–H and O–H groups in total. The molecule has 0 radical (unpaired) electrons. The minimum atomic E-state index is -0.759. The van der Waals surface area contributed by atoms with E-state index >= 15 is 0 Å². The Morgan fingerprint density at radius 1 is 1.29 bits per heavy atom. The molecule has 0 saturated heterocycles. The summed E-state index contributed by atoms with van der Waals surface area (Å²) in [5.74, 6) is 0.268. The molecule has 0 aliphatic carbocycles. The average Bonchev–Trinajstić information content (AvgIpc) is 2.35. The number of rotatable bonds is 6. The number of carboxylic acid groups (broad SMARTS) is 1. The molecule has 0 aromatic heterocycles. The molecule has 0 fully saturated rings. The van der Waals surface area contributed by atoms with Crippen molar-refractivity contribution in [3.05, 3.63) is 23.8 Å². The van der Waals surface area contributed by atoms with E-state index in [1.165, 1.54) is 0 Å². The Bertz CT molecular complexity index is 387. The van der Waals surface area contributed by atoms with E-state index in [1.807, 2.05) is 18.2 Å². The van der Waals surface area contributed by atoms with Crippen LogP contribution in [-0.2, 0) is 11.2 Å². The number of benzene rings is 1. The van der Waals surface area contributed by atoms with E-state index in [0.29, 0.717) is 24.3 Å². The molecule has 94 valence electrons. The molecule has 0 bridgehead atoms. The molecule has 0 saturated carbocycles. The van der Waals surface area contributed by atoms with Crippen LogP contribution in [0.5, 0.6) is 11.5 Å². The van der Waals surface area contributed by atoms with Crippen molar-refractivity contribution in [3.8, 4) is 11.5 Å². The maximum Gasteiger partial charge on any atom is 0.306 e. The van der Waals surface area contributed by atoms with Crippen LogP contribution in [0.1, 0.15) is 18.9 Å². The summed E-state index contributed by atoms with van der Waals surface area (Å²) >= 11 is 0. The first-order valence-electron chi connectivity index (χ1n) is 5.52. The summed E-state index contributed by atoms with van der Waals surface area (Å²) in [5.41, 5.74) is 1.05. The first-order chi connectivity index (χ1) is 8.08. The lowest BCUT2D eigenvalue weighted by Crippen LogP contribution is -2.10. The number of carboxylic acids is 1. The molecule has 0 amide bonds. The maximum atomic E-state index is 10.7. The van der Waals surface area contributed by atoms with Gasteiger partial charge in [0.1, 0.15) is 0 Å². The van der Waals surface area contributed by atoms with Crippen LogP contribution >= 0.6 is 0 Å². The van der Waals surface area contributed by atoms with Crippen molar-refractivity contribution in [1.82, 2.24) is 0 Å². The second-order valence-electron chi connectivity index (χ2n) is 3.97. The van der Waals surface area contributed by atoms with E-state index in [1.54, 1.807) is 21.1 Å². The molecule has 0 spiro atoms. The van der Waals surface area contributed by atoms with Gasteiger partial charge in [-0.1, -0.05) is 13.0 Å².